The zero-order valence-electron chi connectivity index (χ0n) is 8.21. The fourth-order valence-electron chi connectivity index (χ4n) is 1.85. The van der Waals surface area contributed by atoms with Crippen molar-refractivity contribution in [1.29, 1.82) is 0 Å². The monoisotopic (exact) mass is 228 g/mol. The maximum absolute atomic E-state index is 6.31. The third-order valence-corrected chi connectivity index (χ3v) is 3.71. The minimum absolute atomic E-state index is 0.297. The van der Waals surface area contributed by atoms with Crippen LogP contribution in [0.5, 0.6) is 0 Å². The Hall–Kier alpha value is -0.200. The standard InChI is InChI=1S/C12H14Cl2/c1-8-6-11(8)12(14)7-9-2-4-10(13)5-3-9/h2-5,8,11-12H,6-7H2,1H3. The Morgan fingerprint density at radius 1 is 1.36 bits per heavy atom. The molecule has 0 aromatic heterocycles. The van der Waals surface area contributed by atoms with E-state index in [1.807, 2.05) is 12.1 Å². The number of halogens is 2. The van der Waals surface area contributed by atoms with E-state index in [1.54, 1.807) is 0 Å². The maximum atomic E-state index is 6.31. The number of benzene rings is 1. The molecule has 2 rings (SSSR count). The van der Waals surface area contributed by atoms with E-state index in [9.17, 15) is 0 Å². The van der Waals surface area contributed by atoms with Crippen molar-refractivity contribution in [3.05, 3.63) is 34.9 Å². The van der Waals surface area contributed by atoms with Crippen LogP contribution in [-0.2, 0) is 6.42 Å². The molecule has 0 spiro atoms. The van der Waals surface area contributed by atoms with Crippen molar-refractivity contribution in [1.82, 2.24) is 0 Å². The Labute approximate surface area is 95.2 Å². The molecule has 3 atom stereocenters. The Balaban J connectivity index is 1.93. The molecule has 3 unspecified atom stereocenters. The summed E-state index contributed by atoms with van der Waals surface area (Å²) in [6.07, 6.45) is 2.26. The average Bonchev–Trinajstić information content (AvgIpc) is 2.87. The van der Waals surface area contributed by atoms with Gasteiger partial charge in [-0.05, 0) is 42.4 Å². The molecule has 1 aromatic rings. The van der Waals surface area contributed by atoms with Crippen LogP contribution < -0.4 is 0 Å². The predicted octanol–water partition coefficient (Wildman–Crippen LogP) is 4.15. The van der Waals surface area contributed by atoms with Crippen LogP contribution in [0.15, 0.2) is 24.3 Å². The van der Waals surface area contributed by atoms with Crippen molar-refractivity contribution in [2.45, 2.75) is 25.1 Å². The van der Waals surface area contributed by atoms with Crippen LogP contribution in [0.4, 0.5) is 0 Å². The Kier molecular flexibility index (Phi) is 3.04. The van der Waals surface area contributed by atoms with Gasteiger partial charge in [0.25, 0.3) is 0 Å². The van der Waals surface area contributed by atoms with Crippen molar-refractivity contribution in [2.75, 3.05) is 0 Å². The van der Waals surface area contributed by atoms with Gasteiger partial charge in [0.15, 0.2) is 0 Å². The summed E-state index contributed by atoms with van der Waals surface area (Å²) >= 11 is 12.1. The van der Waals surface area contributed by atoms with E-state index in [2.05, 4.69) is 19.1 Å². The summed E-state index contributed by atoms with van der Waals surface area (Å²) in [7, 11) is 0. The highest BCUT2D eigenvalue weighted by molar-refractivity contribution is 6.30. The zero-order chi connectivity index (χ0) is 10.1. The predicted molar refractivity (Wildman–Crippen MR) is 62.1 cm³/mol. The van der Waals surface area contributed by atoms with E-state index >= 15 is 0 Å². The average molecular weight is 229 g/mol. The lowest BCUT2D eigenvalue weighted by atomic mass is 10.1. The highest BCUT2D eigenvalue weighted by atomic mass is 35.5. The molecule has 14 heavy (non-hydrogen) atoms. The molecule has 2 heteroatoms. The van der Waals surface area contributed by atoms with Gasteiger partial charge in [-0.25, -0.2) is 0 Å². The summed E-state index contributed by atoms with van der Waals surface area (Å²) in [6.45, 7) is 2.27. The smallest absolute Gasteiger partial charge is 0.0407 e. The first-order chi connectivity index (χ1) is 6.66. The van der Waals surface area contributed by atoms with E-state index in [0.717, 1.165) is 23.3 Å². The second-order valence-corrected chi connectivity index (χ2v) is 5.22. The van der Waals surface area contributed by atoms with Gasteiger partial charge in [-0.3, -0.25) is 0 Å². The first kappa shape index (κ1) is 10.3. The number of hydrogen-bond donors (Lipinski definition) is 0. The van der Waals surface area contributed by atoms with Crippen molar-refractivity contribution in [3.63, 3.8) is 0 Å². The van der Waals surface area contributed by atoms with E-state index in [-0.39, 0.29) is 0 Å². The molecule has 0 heterocycles. The van der Waals surface area contributed by atoms with Crippen molar-refractivity contribution >= 4 is 23.2 Å². The zero-order valence-corrected chi connectivity index (χ0v) is 9.72. The van der Waals surface area contributed by atoms with Crippen molar-refractivity contribution in [2.24, 2.45) is 11.8 Å². The first-order valence-electron chi connectivity index (χ1n) is 5.05. The molecule has 1 aromatic carbocycles. The molecule has 0 nitrogen and oxygen atoms in total. The van der Waals surface area contributed by atoms with Gasteiger partial charge in [-0.1, -0.05) is 30.7 Å². The number of rotatable bonds is 3. The molecule has 1 fully saturated rings. The molecule has 0 aliphatic heterocycles. The normalized spacial score (nSPS) is 27.4. The van der Waals surface area contributed by atoms with Crippen LogP contribution in [0, 0.1) is 11.8 Å². The van der Waals surface area contributed by atoms with Crippen LogP contribution in [0.1, 0.15) is 18.9 Å². The minimum atomic E-state index is 0.297. The third kappa shape index (κ3) is 2.43. The third-order valence-electron chi connectivity index (χ3n) is 2.98. The second kappa shape index (κ2) is 4.12. The van der Waals surface area contributed by atoms with Crippen LogP contribution in [-0.4, -0.2) is 5.38 Å². The molecule has 0 saturated heterocycles. The summed E-state index contributed by atoms with van der Waals surface area (Å²) in [5.74, 6) is 1.55. The molecule has 1 saturated carbocycles. The summed E-state index contributed by atoms with van der Waals surface area (Å²) in [5.41, 5.74) is 1.29. The van der Waals surface area contributed by atoms with Gasteiger partial charge < -0.3 is 0 Å². The van der Waals surface area contributed by atoms with Gasteiger partial charge in [0.1, 0.15) is 0 Å². The molecule has 0 N–H and O–H groups in total. The summed E-state index contributed by atoms with van der Waals surface area (Å²) < 4.78 is 0. The highest BCUT2D eigenvalue weighted by Crippen LogP contribution is 2.43. The largest absolute Gasteiger partial charge is 0.122 e. The minimum Gasteiger partial charge on any atom is -0.122 e. The van der Waals surface area contributed by atoms with E-state index in [1.165, 1.54) is 12.0 Å². The molecule has 1 aliphatic carbocycles. The molecule has 76 valence electrons. The molecule has 0 bridgehead atoms. The Bertz CT molecular complexity index is 305. The van der Waals surface area contributed by atoms with Crippen LogP contribution in [0.3, 0.4) is 0 Å². The lowest BCUT2D eigenvalue weighted by Gasteiger charge is -2.08. The lowest BCUT2D eigenvalue weighted by Crippen LogP contribution is -2.06. The fraction of sp³-hybridized carbons (Fsp3) is 0.500. The molecule has 0 amide bonds. The highest BCUT2D eigenvalue weighted by Gasteiger charge is 2.38. The molecule has 1 aliphatic rings. The van der Waals surface area contributed by atoms with Gasteiger partial charge in [0.2, 0.25) is 0 Å². The quantitative estimate of drug-likeness (QED) is 0.683. The number of hydrogen-bond acceptors (Lipinski definition) is 0. The summed E-state index contributed by atoms with van der Waals surface area (Å²) in [6, 6.07) is 7.98. The number of alkyl halides is 1. The molecular formula is C12H14Cl2. The topological polar surface area (TPSA) is 0 Å². The van der Waals surface area contributed by atoms with Crippen molar-refractivity contribution in [3.8, 4) is 0 Å². The fourth-order valence-corrected chi connectivity index (χ4v) is 2.51. The first-order valence-corrected chi connectivity index (χ1v) is 5.87. The summed E-state index contributed by atoms with van der Waals surface area (Å²) in [5, 5.41) is 1.09. The Morgan fingerprint density at radius 3 is 2.43 bits per heavy atom. The van der Waals surface area contributed by atoms with Crippen LogP contribution in [0.2, 0.25) is 5.02 Å². The molecule has 0 radical (unpaired) electrons. The van der Waals surface area contributed by atoms with Gasteiger partial charge in [0, 0.05) is 10.4 Å². The van der Waals surface area contributed by atoms with Crippen molar-refractivity contribution < 1.29 is 0 Å². The Morgan fingerprint density at radius 2 is 1.93 bits per heavy atom. The van der Waals surface area contributed by atoms with E-state index in [0.29, 0.717) is 5.38 Å². The van der Waals surface area contributed by atoms with Gasteiger partial charge in [0.05, 0.1) is 0 Å². The van der Waals surface area contributed by atoms with Gasteiger partial charge in [-0.2, -0.15) is 0 Å². The van der Waals surface area contributed by atoms with Crippen LogP contribution >= 0.6 is 23.2 Å². The lowest BCUT2D eigenvalue weighted by molar-refractivity contribution is 0.683. The van der Waals surface area contributed by atoms with E-state index < -0.39 is 0 Å². The maximum Gasteiger partial charge on any atom is 0.0407 e. The SMILES string of the molecule is CC1CC1C(Cl)Cc1ccc(Cl)cc1. The second-order valence-electron chi connectivity index (χ2n) is 4.22. The van der Waals surface area contributed by atoms with Gasteiger partial charge in [-0.15, -0.1) is 11.6 Å². The van der Waals surface area contributed by atoms with Crippen LogP contribution in [0.25, 0.3) is 0 Å². The van der Waals surface area contributed by atoms with E-state index in [4.69, 9.17) is 23.2 Å². The summed E-state index contributed by atoms with van der Waals surface area (Å²) in [4.78, 5) is 0. The van der Waals surface area contributed by atoms with Gasteiger partial charge >= 0.3 is 0 Å². The molecular weight excluding hydrogens is 215 g/mol.